The van der Waals surface area contributed by atoms with Gasteiger partial charge in [0.25, 0.3) is 0 Å². The average molecular weight is 452 g/mol. The summed E-state index contributed by atoms with van der Waals surface area (Å²) in [6.45, 7) is 1.79. The predicted octanol–water partition coefficient (Wildman–Crippen LogP) is 2.47. The molecule has 1 aliphatic heterocycles. The number of imidazole rings is 1. The summed E-state index contributed by atoms with van der Waals surface area (Å²) in [5, 5.41) is 29.3. The lowest BCUT2D eigenvalue weighted by Crippen LogP contribution is -2.30. The van der Waals surface area contributed by atoms with Gasteiger partial charge in [-0.15, -0.1) is 0 Å². The van der Waals surface area contributed by atoms with E-state index in [0.29, 0.717) is 11.4 Å². The van der Waals surface area contributed by atoms with Crippen molar-refractivity contribution in [3.8, 4) is 28.7 Å². The van der Waals surface area contributed by atoms with Crippen LogP contribution in [0.4, 0.5) is 4.39 Å². The van der Waals surface area contributed by atoms with Crippen LogP contribution in [0, 0.1) is 17.7 Å². The van der Waals surface area contributed by atoms with Gasteiger partial charge in [0.05, 0.1) is 19.8 Å². The Labute approximate surface area is 191 Å². The zero-order chi connectivity index (χ0) is 23.4. The fourth-order valence-electron chi connectivity index (χ4n) is 3.60. The number of nitrogens with zero attached hydrogens (tertiary/aromatic N) is 2. The molecule has 8 heteroatoms. The monoisotopic (exact) mass is 452 g/mol. The van der Waals surface area contributed by atoms with E-state index in [2.05, 4.69) is 16.8 Å². The molecule has 7 nitrogen and oxygen atoms in total. The molecule has 4 rings (SSSR count). The lowest BCUT2D eigenvalue weighted by Gasteiger charge is -2.16. The van der Waals surface area contributed by atoms with E-state index in [9.17, 15) is 19.7 Å². The molecule has 1 aliphatic rings. The van der Waals surface area contributed by atoms with Crippen molar-refractivity contribution < 1.29 is 29.2 Å². The highest BCUT2D eigenvalue weighted by Crippen LogP contribution is 2.27. The Balaban J connectivity index is 1.47. The van der Waals surface area contributed by atoms with Gasteiger partial charge in [0.15, 0.2) is 17.7 Å². The highest BCUT2D eigenvalue weighted by atomic mass is 19.1. The van der Waals surface area contributed by atoms with E-state index < -0.39 is 30.2 Å². The third-order valence-electron chi connectivity index (χ3n) is 5.39. The number of hydrogen-bond donors (Lipinski definition) is 3. The first-order chi connectivity index (χ1) is 16.0. The van der Waals surface area contributed by atoms with Crippen molar-refractivity contribution in [2.45, 2.75) is 31.3 Å². The molecule has 0 aliphatic carbocycles. The van der Waals surface area contributed by atoms with Gasteiger partial charge >= 0.3 is 0 Å². The van der Waals surface area contributed by atoms with Crippen molar-refractivity contribution in [1.82, 2.24) is 9.55 Å². The molecule has 4 atom stereocenters. The van der Waals surface area contributed by atoms with Crippen molar-refractivity contribution in [2.24, 2.45) is 0 Å². The van der Waals surface area contributed by atoms with Crippen LogP contribution >= 0.6 is 0 Å². The van der Waals surface area contributed by atoms with Crippen LogP contribution in [0.1, 0.15) is 30.5 Å². The summed E-state index contributed by atoms with van der Waals surface area (Å²) in [4.78, 5) is 4.11. The lowest BCUT2D eigenvalue weighted by molar-refractivity contribution is 0.0708. The second kappa shape index (κ2) is 10.1. The van der Waals surface area contributed by atoms with Gasteiger partial charge in [0, 0.05) is 18.0 Å². The average Bonchev–Trinajstić information content (AvgIpc) is 3.46. The Morgan fingerprint density at radius 2 is 1.97 bits per heavy atom. The molecule has 33 heavy (non-hydrogen) atoms. The Bertz CT molecular complexity index is 1150. The Hall–Kier alpha value is -3.22. The molecule has 1 fully saturated rings. The summed E-state index contributed by atoms with van der Waals surface area (Å²) in [5.74, 6) is 6.01. The van der Waals surface area contributed by atoms with Gasteiger partial charge in [0.2, 0.25) is 0 Å². The number of ether oxygens (including phenoxy) is 2. The van der Waals surface area contributed by atoms with Crippen LogP contribution in [0.15, 0.2) is 54.9 Å². The van der Waals surface area contributed by atoms with Crippen LogP contribution in [0.25, 0.3) is 11.1 Å². The summed E-state index contributed by atoms with van der Waals surface area (Å²) in [7, 11) is 0. The summed E-state index contributed by atoms with van der Waals surface area (Å²) in [5.41, 5.74) is 2.21. The van der Waals surface area contributed by atoms with Crippen molar-refractivity contribution in [2.75, 3.05) is 19.8 Å². The third-order valence-corrected chi connectivity index (χ3v) is 5.39. The van der Waals surface area contributed by atoms with Crippen LogP contribution < -0.4 is 4.74 Å². The molecular formula is C25H25FN2O5. The Morgan fingerprint density at radius 1 is 1.21 bits per heavy atom. The van der Waals surface area contributed by atoms with Crippen LogP contribution in [0.3, 0.4) is 0 Å². The van der Waals surface area contributed by atoms with Gasteiger partial charge in [-0.1, -0.05) is 30.0 Å². The van der Waals surface area contributed by atoms with Crippen LogP contribution in [0.5, 0.6) is 5.75 Å². The Kier molecular flexibility index (Phi) is 7.06. The van der Waals surface area contributed by atoms with Gasteiger partial charge in [-0.3, -0.25) is 0 Å². The van der Waals surface area contributed by atoms with Crippen LogP contribution in [-0.4, -0.2) is 56.9 Å². The molecule has 2 aromatic carbocycles. The van der Waals surface area contributed by atoms with E-state index in [1.54, 1.807) is 36.0 Å². The second-order valence-corrected chi connectivity index (χ2v) is 7.82. The first kappa shape index (κ1) is 23.0. The van der Waals surface area contributed by atoms with Crippen molar-refractivity contribution >= 4 is 0 Å². The molecule has 3 N–H and O–H groups in total. The van der Waals surface area contributed by atoms with E-state index in [4.69, 9.17) is 9.47 Å². The SMILES string of the molecule is C[C@H](O)c1nccn1[C@@H](C#Cc1ccc(-c2ccc(OC3COCC3O)c(F)c2)cc1)CO. The minimum Gasteiger partial charge on any atom is -0.482 e. The molecular weight excluding hydrogens is 427 g/mol. The van der Waals surface area contributed by atoms with E-state index in [1.807, 2.05) is 24.3 Å². The molecule has 1 aromatic heterocycles. The largest absolute Gasteiger partial charge is 0.482 e. The van der Waals surface area contributed by atoms with Gasteiger partial charge in [0.1, 0.15) is 24.1 Å². The molecule has 1 saturated heterocycles. The highest BCUT2D eigenvalue weighted by Gasteiger charge is 2.28. The molecule has 2 unspecified atom stereocenters. The third kappa shape index (κ3) is 5.24. The fraction of sp³-hybridized carbons (Fsp3) is 0.320. The summed E-state index contributed by atoms with van der Waals surface area (Å²) >= 11 is 0. The molecule has 0 bridgehead atoms. The number of aliphatic hydroxyl groups is 3. The first-order valence-corrected chi connectivity index (χ1v) is 10.6. The maximum atomic E-state index is 14.5. The number of halogens is 1. The highest BCUT2D eigenvalue weighted by molar-refractivity contribution is 5.65. The minimum atomic E-state index is -0.774. The van der Waals surface area contributed by atoms with Gasteiger partial charge < -0.3 is 29.4 Å². The van der Waals surface area contributed by atoms with Crippen molar-refractivity contribution in [3.05, 3.63) is 72.1 Å². The van der Waals surface area contributed by atoms with E-state index in [-0.39, 0.29) is 25.6 Å². The molecule has 0 spiro atoms. The quantitative estimate of drug-likeness (QED) is 0.498. The molecule has 2 heterocycles. The Morgan fingerprint density at radius 3 is 2.61 bits per heavy atom. The topological polar surface area (TPSA) is 97.0 Å². The normalized spacial score (nSPS) is 19.5. The maximum absolute atomic E-state index is 14.5. The van der Waals surface area contributed by atoms with Crippen molar-refractivity contribution in [1.29, 1.82) is 0 Å². The molecule has 0 radical (unpaired) electrons. The van der Waals surface area contributed by atoms with Crippen LogP contribution in [-0.2, 0) is 4.74 Å². The van der Waals surface area contributed by atoms with Gasteiger partial charge in [-0.05, 0) is 42.3 Å². The fourth-order valence-corrected chi connectivity index (χ4v) is 3.60. The standard InChI is InChI=1S/C25H25FN2O5/c1-16(30)25-27-10-11-28(25)20(13-29)8-4-17-2-5-18(6-3-17)19-7-9-23(21(26)12-19)33-24-15-32-14-22(24)31/h2-3,5-7,9-12,16,20,22,24,29-31H,13-15H2,1H3/t16-,20-,22?,24?/m0/s1. The molecule has 3 aromatic rings. The molecule has 172 valence electrons. The number of hydrogen-bond acceptors (Lipinski definition) is 6. The number of rotatable bonds is 6. The lowest BCUT2D eigenvalue weighted by atomic mass is 10.0. The second-order valence-electron chi connectivity index (χ2n) is 7.82. The minimum absolute atomic E-state index is 0.0712. The molecule has 0 amide bonds. The van der Waals surface area contributed by atoms with E-state index in [0.717, 1.165) is 11.1 Å². The van der Waals surface area contributed by atoms with Crippen molar-refractivity contribution in [3.63, 3.8) is 0 Å². The first-order valence-electron chi connectivity index (χ1n) is 10.6. The van der Waals surface area contributed by atoms with E-state index >= 15 is 0 Å². The zero-order valence-corrected chi connectivity index (χ0v) is 18.1. The smallest absolute Gasteiger partial charge is 0.165 e. The summed E-state index contributed by atoms with van der Waals surface area (Å²) < 4.78 is 26.9. The number of aliphatic hydroxyl groups excluding tert-OH is 3. The summed E-state index contributed by atoms with van der Waals surface area (Å²) in [6.07, 6.45) is 1.10. The predicted molar refractivity (Wildman–Crippen MR) is 119 cm³/mol. The van der Waals surface area contributed by atoms with Crippen LogP contribution in [0.2, 0.25) is 0 Å². The van der Waals surface area contributed by atoms with E-state index in [1.165, 1.54) is 6.07 Å². The molecule has 0 saturated carbocycles. The number of benzene rings is 2. The maximum Gasteiger partial charge on any atom is 0.165 e. The zero-order valence-electron chi connectivity index (χ0n) is 18.1. The van der Waals surface area contributed by atoms with Gasteiger partial charge in [-0.25, -0.2) is 9.37 Å². The number of aromatic nitrogens is 2. The van der Waals surface area contributed by atoms with Gasteiger partial charge in [-0.2, -0.15) is 0 Å². The summed E-state index contributed by atoms with van der Waals surface area (Å²) in [6, 6.07) is 11.4.